The van der Waals surface area contributed by atoms with Gasteiger partial charge in [-0.25, -0.2) is 0 Å². The third kappa shape index (κ3) is 4.07. The predicted molar refractivity (Wildman–Crippen MR) is 80.5 cm³/mol. The molecule has 2 atom stereocenters. The Balaban J connectivity index is 1.83. The summed E-state index contributed by atoms with van der Waals surface area (Å²) < 4.78 is 0. The van der Waals surface area contributed by atoms with Crippen molar-refractivity contribution in [2.24, 2.45) is 5.92 Å². The molecule has 2 rings (SSSR count). The smallest absolute Gasteiger partial charge is 0.222 e. The van der Waals surface area contributed by atoms with Crippen LogP contribution in [0.3, 0.4) is 0 Å². The number of carbonyl (C=O) groups excluding carboxylic acids is 1. The van der Waals surface area contributed by atoms with Gasteiger partial charge in [-0.1, -0.05) is 29.8 Å². The molecule has 0 aromatic heterocycles. The van der Waals surface area contributed by atoms with Crippen molar-refractivity contribution < 1.29 is 9.90 Å². The van der Waals surface area contributed by atoms with Gasteiger partial charge in [0.15, 0.2) is 0 Å². The number of nitrogens with zero attached hydrogens (tertiary/aromatic N) is 1. The molecule has 0 bridgehead atoms. The van der Waals surface area contributed by atoms with E-state index in [1.54, 1.807) is 0 Å². The van der Waals surface area contributed by atoms with Gasteiger partial charge in [0.25, 0.3) is 0 Å². The molecule has 1 fully saturated rings. The van der Waals surface area contributed by atoms with Gasteiger partial charge in [-0.15, -0.1) is 0 Å². The lowest BCUT2D eigenvalue weighted by atomic mass is 9.93. The second kappa shape index (κ2) is 6.89. The molecule has 1 aromatic rings. The number of aryl methyl sites for hydroxylation is 2. The normalized spacial score (nSPS) is 20.8. The molecule has 3 nitrogen and oxygen atoms in total. The fourth-order valence-electron chi connectivity index (χ4n) is 2.79. The van der Waals surface area contributed by atoms with E-state index < -0.39 is 0 Å². The number of aliphatic hydroxyl groups excluding tert-OH is 1. The summed E-state index contributed by atoms with van der Waals surface area (Å²) in [6.07, 6.45) is 3.08. The van der Waals surface area contributed by atoms with Crippen LogP contribution in [-0.2, 0) is 11.2 Å². The standard InChI is InChI=1S/C17H25NO2/c1-13-5-7-15(8-6-13)9-10-17(20)18-11-3-4-16(12-18)14(2)19/h5-8,14,16,19H,3-4,9-12H2,1-2H3. The lowest BCUT2D eigenvalue weighted by Gasteiger charge is -2.34. The van der Waals surface area contributed by atoms with Crippen LogP contribution in [0.1, 0.15) is 37.3 Å². The third-order valence-electron chi connectivity index (χ3n) is 4.24. The zero-order valence-corrected chi connectivity index (χ0v) is 12.5. The highest BCUT2D eigenvalue weighted by atomic mass is 16.3. The Labute approximate surface area is 121 Å². The number of aliphatic hydroxyl groups is 1. The second-order valence-corrected chi connectivity index (χ2v) is 5.97. The quantitative estimate of drug-likeness (QED) is 0.917. The first-order valence-electron chi connectivity index (χ1n) is 7.57. The summed E-state index contributed by atoms with van der Waals surface area (Å²) in [6.45, 7) is 5.45. The number of rotatable bonds is 4. The van der Waals surface area contributed by atoms with Crippen molar-refractivity contribution in [3.8, 4) is 0 Å². The minimum Gasteiger partial charge on any atom is -0.393 e. The molecular weight excluding hydrogens is 250 g/mol. The molecule has 2 unspecified atom stereocenters. The molecule has 1 amide bonds. The Morgan fingerprint density at radius 1 is 1.40 bits per heavy atom. The maximum absolute atomic E-state index is 12.3. The molecule has 20 heavy (non-hydrogen) atoms. The Morgan fingerprint density at radius 2 is 2.10 bits per heavy atom. The van der Waals surface area contributed by atoms with Crippen LogP contribution in [-0.4, -0.2) is 35.1 Å². The van der Waals surface area contributed by atoms with Crippen LogP contribution in [0.15, 0.2) is 24.3 Å². The van der Waals surface area contributed by atoms with E-state index in [4.69, 9.17) is 0 Å². The number of hydrogen-bond acceptors (Lipinski definition) is 2. The van der Waals surface area contributed by atoms with Crippen molar-refractivity contribution >= 4 is 5.91 Å². The zero-order chi connectivity index (χ0) is 14.5. The average molecular weight is 275 g/mol. The van der Waals surface area contributed by atoms with E-state index in [1.807, 2.05) is 11.8 Å². The van der Waals surface area contributed by atoms with Crippen LogP contribution in [0.25, 0.3) is 0 Å². The molecule has 110 valence electrons. The molecule has 1 saturated heterocycles. The van der Waals surface area contributed by atoms with E-state index in [1.165, 1.54) is 11.1 Å². The van der Waals surface area contributed by atoms with Gasteiger partial charge in [-0.2, -0.15) is 0 Å². The Kier molecular flexibility index (Phi) is 5.18. The second-order valence-electron chi connectivity index (χ2n) is 5.97. The van der Waals surface area contributed by atoms with E-state index in [0.29, 0.717) is 13.0 Å². The van der Waals surface area contributed by atoms with Crippen molar-refractivity contribution in [3.63, 3.8) is 0 Å². The number of amides is 1. The molecule has 0 spiro atoms. The summed E-state index contributed by atoms with van der Waals surface area (Å²) in [4.78, 5) is 14.2. The average Bonchev–Trinajstić information content (AvgIpc) is 2.46. The molecule has 0 saturated carbocycles. The fraction of sp³-hybridized carbons (Fsp3) is 0.588. The van der Waals surface area contributed by atoms with Crippen LogP contribution >= 0.6 is 0 Å². The van der Waals surface area contributed by atoms with Crippen LogP contribution in [0.5, 0.6) is 0 Å². The first-order chi connectivity index (χ1) is 9.56. The van der Waals surface area contributed by atoms with Crippen molar-refractivity contribution in [2.75, 3.05) is 13.1 Å². The first-order valence-corrected chi connectivity index (χ1v) is 7.57. The molecule has 0 aliphatic carbocycles. The van der Waals surface area contributed by atoms with Gasteiger partial charge in [-0.05, 0) is 38.7 Å². The summed E-state index contributed by atoms with van der Waals surface area (Å²) in [5.41, 5.74) is 2.46. The van der Waals surface area contributed by atoms with Gasteiger partial charge in [0.2, 0.25) is 5.91 Å². The first kappa shape index (κ1) is 15.0. The SMILES string of the molecule is Cc1ccc(CCC(=O)N2CCCC(C(C)O)C2)cc1. The zero-order valence-electron chi connectivity index (χ0n) is 12.5. The van der Waals surface area contributed by atoms with E-state index in [9.17, 15) is 9.90 Å². The van der Waals surface area contributed by atoms with E-state index in [2.05, 4.69) is 31.2 Å². The lowest BCUT2D eigenvalue weighted by Crippen LogP contribution is -2.43. The van der Waals surface area contributed by atoms with E-state index >= 15 is 0 Å². The molecule has 0 radical (unpaired) electrons. The number of carbonyl (C=O) groups is 1. The summed E-state index contributed by atoms with van der Waals surface area (Å²) in [5.74, 6) is 0.461. The van der Waals surface area contributed by atoms with Crippen LogP contribution < -0.4 is 0 Å². The van der Waals surface area contributed by atoms with Crippen LogP contribution in [0, 0.1) is 12.8 Å². The summed E-state index contributed by atoms with van der Waals surface area (Å²) in [7, 11) is 0. The molecule has 3 heteroatoms. The third-order valence-corrected chi connectivity index (χ3v) is 4.24. The van der Waals surface area contributed by atoms with Gasteiger partial charge in [0.1, 0.15) is 0 Å². The Morgan fingerprint density at radius 3 is 2.75 bits per heavy atom. The van der Waals surface area contributed by atoms with Crippen LogP contribution in [0.4, 0.5) is 0 Å². The largest absolute Gasteiger partial charge is 0.393 e. The molecular formula is C17H25NO2. The van der Waals surface area contributed by atoms with E-state index in [0.717, 1.165) is 25.8 Å². The Bertz CT molecular complexity index is 439. The summed E-state index contributed by atoms with van der Waals surface area (Å²) in [6, 6.07) is 8.36. The van der Waals surface area contributed by atoms with Crippen LogP contribution in [0.2, 0.25) is 0 Å². The van der Waals surface area contributed by atoms with Crippen molar-refractivity contribution in [1.29, 1.82) is 0 Å². The maximum Gasteiger partial charge on any atom is 0.222 e. The summed E-state index contributed by atoms with van der Waals surface area (Å²) >= 11 is 0. The van der Waals surface area contributed by atoms with Gasteiger partial charge < -0.3 is 10.0 Å². The highest BCUT2D eigenvalue weighted by Gasteiger charge is 2.25. The van der Waals surface area contributed by atoms with Crippen molar-refractivity contribution in [3.05, 3.63) is 35.4 Å². The fourth-order valence-corrected chi connectivity index (χ4v) is 2.79. The van der Waals surface area contributed by atoms with Gasteiger partial charge >= 0.3 is 0 Å². The maximum atomic E-state index is 12.3. The van der Waals surface area contributed by atoms with Gasteiger partial charge in [0.05, 0.1) is 6.10 Å². The van der Waals surface area contributed by atoms with Gasteiger partial charge in [0, 0.05) is 25.4 Å². The predicted octanol–water partition coefficient (Wildman–Crippen LogP) is 2.55. The molecule has 1 aromatic carbocycles. The number of likely N-dealkylation sites (tertiary alicyclic amines) is 1. The van der Waals surface area contributed by atoms with Crippen molar-refractivity contribution in [1.82, 2.24) is 4.90 Å². The summed E-state index contributed by atoms with van der Waals surface area (Å²) in [5, 5.41) is 9.67. The minimum absolute atomic E-state index is 0.218. The molecule has 1 aliphatic rings. The monoisotopic (exact) mass is 275 g/mol. The molecule has 1 aliphatic heterocycles. The molecule has 1 heterocycles. The number of benzene rings is 1. The minimum atomic E-state index is -0.317. The van der Waals surface area contributed by atoms with E-state index in [-0.39, 0.29) is 17.9 Å². The topological polar surface area (TPSA) is 40.5 Å². The highest BCUT2D eigenvalue weighted by molar-refractivity contribution is 5.76. The highest BCUT2D eigenvalue weighted by Crippen LogP contribution is 2.20. The number of piperidine rings is 1. The molecule has 1 N–H and O–H groups in total. The van der Waals surface area contributed by atoms with Gasteiger partial charge in [-0.3, -0.25) is 4.79 Å². The lowest BCUT2D eigenvalue weighted by molar-refractivity contribution is -0.133. The van der Waals surface area contributed by atoms with Crippen molar-refractivity contribution in [2.45, 2.75) is 45.6 Å². The number of hydrogen-bond donors (Lipinski definition) is 1. The Hall–Kier alpha value is -1.35.